The molecule has 126 valence electrons. The van der Waals surface area contributed by atoms with Crippen LogP contribution in [0.2, 0.25) is 0 Å². The zero-order valence-electron chi connectivity index (χ0n) is 13.5. The molecule has 1 heterocycles. The summed E-state index contributed by atoms with van der Waals surface area (Å²) in [7, 11) is -2.13. The smallest absolute Gasteiger partial charge is 0.264 e. The zero-order chi connectivity index (χ0) is 17.3. The summed E-state index contributed by atoms with van der Waals surface area (Å²) in [5.41, 5.74) is 1.05. The number of ether oxygens (including phenoxy) is 1. The van der Waals surface area contributed by atoms with E-state index in [0.29, 0.717) is 23.7 Å². The Bertz CT molecular complexity index is 865. The van der Waals surface area contributed by atoms with Crippen molar-refractivity contribution in [3.05, 3.63) is 48.5 Å². The first kappa shape index (κ1) is 16.3. The maximum atomic E-state index is 13.0. The number of carbonyl (C=O) groups excluding carboxylic acids is 1. The monoisotopic (exact) mass is 346 g/mol. The van der Waals surface area contributed by atoms with Crippen LogP contribution in [0.3, 0.4) is 0 Å². The van der Waals surface area contributed by atoms with E-state index >= 15 is 0 Å². The van der Waals surface area contributed by atoms with Crippen molar-refractivity contribution >= 4 is 27.3 Å². The molecule has 0 saturated carbocycles. The highest BCUT2D eigenvalue weighted by atomic mass is 32.2. The van der Waals surface area contributed by atoms with E-state index in [1.165, 1.54) is 21.3 Å². The molecular weight excluding hydrogens is 328 g/mol. The lowest BCUT2D eigenvalue weighted by atomic mass is 10.2. The number of nitrogens with zero attached hydrogens (tertiary/aromatic N) is 2. The van der Waals surface area contributed by atoms with Crippen molar-refractivity contribution < 1.29 is 17.9 Å². The van der Waals surface area contributed by atoms with Crippen molar-refractivity contribution in [1.29, 1.82) is 0 Å². The second-order valence-corrected chi connectivity index (χ2v) is 7.24. The zero-order valence-corrected chi connectivity index (χ0v) is 14.3. The second kappa shape index (κ2) is 6.16. The molecule has 0 fully saturated rings. The minimum Gasteiger partial charge on any atom is -0.482 e. The molecule has 0 spiro atoms. The van der Waals surface area contributed by atoms with Crippen molar-refractivity contribution in [3.8, 4) is 5.75 Å². The summed E-state index contributed by atoms with van der Waals surface area (Å²) in [5, 5.41) is 0. The van der Waals surface area contributed by atoms with Gasteiger partial charge in [-0.25, -0.2) is 8.42 Å². The number of anilines is 2. The van der Waals surface area contributed by atoms with Crippen LogP contribution in [0.5, 0.6) is 5.75 Å². The number of fused-ring (bicyclic) bond motifs is 1. The minimum absolute atomic E-state index is 0.0410. The number of benzene rings is 2. The third-order valence-electron chi connectivity index (χ3n) is 3.94. The second-order valence-electron chi connectivity index (χ2n) is 5.38. The van der Waals surface area contributed by atoms with Crippen LogP contribution in [0.1, 0.15) is 6.92 Å². The molecule has 7 heteroatoms. The number of carbonyl (C=O) groups is 1. The SMILES string of the molecule is CCN(c1ccccc1)S(=O)(=O)c1ccc2c(c1)N(C)C(=O)CO2. The number of hydrogen-bond donors (Lipinski definition) is 0. The maximum Gasteiger partial charge on any atom is 0.264 e. The van der Waals surface area contributed by atoms with Crippen LogP contribution in [-0.2, 0) is 14.8 Å². The maximum absolute atomic E-state index is 13.0. The minimum atomic E-state index is -3.74. The van der Waals surface area contributed by atoms with Crippen LogP contribution in [0.25, 0.3) is 0 Å². The van der Waals surface area contributed by atoms with Gasteiger partial charge in [0.15, 0.2) is 6.61 Å². The van der Waals surface area contributed by atoms with Crippen LogP contribution < -0.4 is 13.9 Å². The Morgan fingerprint density at radius 1 is 1.17 bits per heavy atom. The fourth-order valence-electron chi connectivity index (χ4n) is 2.63. The van der Waals surface area contributed by atoms with E-state index in [4.69, 9.17) is 4.74 Å². The summed E-state index contributed by atoms with van der Waals surface area (Å²) in [4.78, 5) is 13.3. The lowest BCUT2D eigenvalue weighted by Crippen LogP contribution is -2.36. The molecule has 1 aliphatic heterocycles. The van der Waals surface area contributed by atoms with Crippen molar-refractivity contribution in [2.24, 2.45) is 0 Å². The number of rotatable bonds is 4. The Balaban J connectivity index is 2.06. The summed E-state index contributed by atoms with van der Waals surface area (Å²) in [6, 6.07) is 13.5. The van der Waals surface area contributed by atoms with Crippen molar-refractivity contribution in [1.82, 2.24) is 0 Å². The number of hydrogen-bond acceptors (Lipinski definition) is 4. The predicted molar refractivity (Wildman–Crippen MR) is 92.0 cm³/mol. The quantitative estimate of drug-likeness (QED) is 0.852. The molecule has 3 rings (SSSR count). The molecule has 6 nitrogen and oxygen atoms in total. The molecule has 0 unspecified atom stereocenters. The van der Waals surface area contributed by atoms with Crippen molar-refractivity contribution in [3.63, 3.8) is 0 Å². The van der Waals surface area contributed by atoms with Gasteiger partial charge in [-0.2, -0.15) is 0 Å². The number of para-hydroxylation sites is 1. The molecule has 1 amide bonds. The van der Waals surface area contributed by atoms with E-state index in [0.717, 1.165) is 0 Å². The van der Waals surface area contributed by atoms with Gasteiger partial charge in [-0.05, 0) is 37.3 Å². The number of likely N-dealkylation sites (N-methyl/N-ethyl adjacent to an activating group) is 1. The average Bonchev–Trinajstić information content (AvgIpc) is 2.59. The van der Waals surface area contributed by atoms with Crippen LogP contribution in [0.4, 0.5) is 11.4 Å². The van der Waals surface area contributed by atoms with E-state index < -0.39 is 10.0 Å². The van der Waals surface area contributed by atoms with E-state index in [1.54, 1.807) is 44.3 Å². The van der Waals surface area contributed by atoms with Gasteiger partial charge < -0.3 is 9.64 Å². The molecule has 0 aromatic heterocycles. The summed E-state index contributed by atoms with van der Waals surface area (Å²) in [6.07, 6.45) is 0. The van der Waals surface area contributed by atoms with Crippen LogP contribution >= 0.6 is 0 Å². The molecule has 0 bridgehead atoms. The summed E-state index contributed by atoms with van der Waals surface area (Å²) < 4.78 is 32.7. The highest BCUT2D eigenvalue weighted by molar-refractivity contribution is 7.92. The van der Waals surface area contributed by atoms with Gasteiger partial charge in [0, 0.05) is 13.6 Å². The Hall–Kier alpha value is -2.54. The largest absolute Gasteiger partial charge is 0.482 e. The molecule has 0 N–H and O–H groups in total. The highest BCUT2D eigenvalue weighted by Crippen LogP contribution is 2.34. The van der Waals surface area contributed by atoms with Gasteiger partial charge in [-0.3, -0.25) is 9.10 Å². The van der Waals surface area contributed by atoms with Crippen molar-refractivity contribution in [2.45, 2.75) is 11.8 Å². The molecule has 2 aromatic carbocycles. The topological polar surface area (TPSA) is 66.9 Å². The molecule has 24 heavy (non-hydrogen) atoms. The van der Waals surface area contributed by atoms with Crippen LogP contribution in [0.15, 0.2) is 53.4 Å². The first-order chi connectivity index (χ1) is 11.4. The fraction of sp³-hybridized carbons (Fsp3) is 0.235. The third-order valence-corrected chi connectivity index (χ3v) is 5.84. The van der Waals surface area contributed by atoms with E-state index in [9.17, 15) is 13.2 Å². The molecule has 1 aliphatic rings. The number of sulfonamides is 1. The molecule has 0 atom stereocenters. The molecular formula is C17H18N2O4S. The highest BCUT2D eigenvalue weighted by Gasteiger charge is 2.28. The molecule has 0 saturated heterocycles. The van der Waals surface area contributed by atoms with Gasteiger partial charge in [0.1, 0.15) is 5.75 Å². The van der Waals surface area contributed by atoms with Crippen LogP contribution in [0, 0.1) is 0 Å². The normalized spacial score (nSPS) is 14.1. The van der Waals surface area contributed by atoms with Crippen LogP contribution in [-0.4, -0.2) is 34.5 Å². The van der Waals surface area contributed by atoms with E-state index in [2.05, 4.69) is 0 Å². The standard InChI is InChI=1S/C17H18N2O4S/c1-3-19(13-7-5-4-6-8-13)24(21,22)14-9-10-16-15(11-14)18(2)17(20)12-23-16/h4-11H,3,12H2,1-2H3. The lowest BCUT2D eigenvalue weighted by Gasteiger charge is -2.28. The Morgan fingerprint density at radius 3 is 2.54 bits per heavy atom. The Labute approximate surface area is 141 Å². The van der Waals surface area contributed by atoms with Crippen molar-refractivity contribution in [2.75, 3.05) is 29.4 Å². The molecule has 2 aromatic rings. The first-order valence-corrected chi connectivity index (χ1v) is 9.00. The first-order valence-electron chi connectivity index (χ1n) is 7.56. The van der Waals surface area contributed by atoms with Gasteiger partial charge in [0.25, 0.3) is 15.9 Å². The lowest BCUT2D eigenvalue weighted by molar-refractivity contribution is -0.120. The predicted octanol–water partition coefficient (Wildman–Crippen LogP) is 2.26. The number of amides is 1. The van der Waals surface area contributed by atoms with E-state index in [-0.39, 0.29) is 17.4 Å². The summed E-state index contributed by atoms with van der Waals surface area (Å²) in [6.45, 7) is 2.04. The van der Waals surface area contributed by atoms with E-state index in [1.807, 2.05) is 6.07 Å². The summed E-state index contributed by atoms with van der Waals surface area (Å²) in [5.74, 6) is 0.284. The molecule has 0 aliphatic carbocycles. The van der Waals surface area contributed by atoms with Gasteiger partial charge in [-0.1, -0.05) is 18.2 Å². The third kappa shape index (κ3) is 2.71. The fourth-order valence-corrected chi connectivity index (χ4v) is 4.12. The Kier molecular flexibility index (Phi) is 4.19. The van der Waals surface area contributed by atoms with Gasteiger partial charge in [0.2, 0.25) is 0 Å². The average molecular weight is 346 g/mol. The molecule has 0 radical (unpaired) electrons. The van der Waals surface area contributed by atoms with Gasteiger partial charge in [0.05, 0.1) is 16.3 Å². The van der Waals surface area contributed by atoms with Gasteiger partial charge >= 0.3 is 0 Å². The Morgan fingerprint density at radius 2 is 1.88 bits per heavy atom. The van der Waals surface area contributed by atoms with Gasteiger partial charge in [-0.15, -0.1) is 0 Å². The summed E-state index contributed by atoms with van der Waals surface area (Å²) >= 11 is 0.